The number of aromatic nitrogens is 3. The van der Waals surface area contributed by atoms with Gasteiger partial charge in [-0.15, -0.1) is 0 Å². The summed E-state index contributed by atoms with van der Waals surface area (Å²) in [7, 11) is 1.87. The Kier molecular flexibility index (Phi) is 3.69. The standard InChI is InChI=1S/C13H21N5/c1-5-10(9(2)3)16-12-13-15-6-7-18(13)8-11(14-4)17-12/h6-10,14H,5H2,1-4H3,(H,16,17). The van der Waals surface area contributed by atoms with Gasteiger partial charge in [0.05, 0.1) is 6.20 Å². The van der Waals surface area contributed by atoms with Crippen LogP contribution >= 0.6 is 0 Å². The summed E-state index contributed by atoms with van der Waals surface area (Å²) in [6.45, 7) is 6.61. The zero-order chi connectivity index (χ0) is 13.1. The van der Waals surface area contributed by atoms with E-state index in [0.717, 1.165) is 23.7 Å². The van der Waals surface area contributed by atoms with Gasteiger partial charge in [0, 0.05) is 25.5 Å². The molecule has 0 aliphatic carbocycles. The van der Waals surface area contributed by atoms with E-state index in [1.54, 1.807) is 6.20 Å². The lowest BCUT2D eigenvalue weighted by Crippen LogP contribution is -2.25. The van der Waals surface area contributed by atoms with Gasteiger partial charge in [-0.1, -0.05) is 20.8 Å². The smallest absolute Gasteiger partial charge is 0.180 e. The molecule has 0 fully saturated rings. The first kappa shape index (κ1) is 12.7. The van der Waals surface area contributed by atoms with Crippen molar-refractivity contribution in [3.05, 3.63) is 18.6 Å². The SMILES string of the molecule is CCC(Nc1nc(NC)cn2ccnc12)C(C)C. The molecule has 2 aromatic rings. The van der Waals surface area contributed by atoms with E-state index in [1.165, 1.54) is 0 Å². The number of fused-ring (bicyclic) bond motifs is 1. The molecule has 0 radical (unpaired) electrons. The molecule has 2 heterocycles. The van der Waals surface area contributed by atoms with E-state index in [0.29, 0.717) is 12.0 Å². The molecule has 2 aromatic heterocycles. The Labute approximate surface area is 108 Å². The molecule has 98 valence electrons. The minimum Gasteiger partial charge on any atom is -0.372 e. The van der Waals surface area contributed by atoms with E-state index in [4.69, 9.17) is 0 Å². The van der Waals surface area contributed by atoms with Crippen molar-refractivity contribution in [2.75, 3.05) is 17.7 Å². The Morgan fingerprint density at radius 2 is 2.17 bits per heavy atom. The highest BCUT2D eigenvalue weighted by atomic mass is 15.1. The van der Waals surface area contributed by atoms with Crippen molar-refractivity contribution in [2.24, 2.45) is 5.92 Å². The second kappa shape index (κ2) is 5.25. The second-order valence-electron chi connectivity index (χ2n) is 4.79. The molecule has 2 rings (SSSR count). The van der Waals surface area contributed by atoms with Gasteiger partial charge in [-0.2, -0.15) is 0 Å². The average Bonchev–Trinajstić information content (AvgIpc) is 2.83. The first-order valence-corrected chi connectivity index (χ1v) is 6.43. The van der Waals surface area contributed by atoms with Crippen LogP contribution in [0.25, 0.3) is 5.65 Å². The number of hydrogen-bond donors (Lipinski definition) is 2. The highest BCUT2D eigenvalue weighted by Gasteiger charge is 2.14. The van der Waals surface area contributed by atoms with E-state index in [1.807, 2.05) is 23.8 Å². The van der Waals surface area contributed by atoms with Gasteiger partial charge in [0.15, 0.2) is 11.5 Å². The van der Waals surface area contributed by atoms with Gasteiger partial charge in [0.2, 0.25) is 0 Å². The maximum absolute atomic E-state index is 4.56. The molecule has 0 bridgehead atoms. The van der Waals surface area contributed by atoms with E-state index in [-0.39, 0.29) is 0 Å². The van der Waals surface area contributed by atoms with Gasteiger partial charge in [-0.05, 0) is 12.3 Å². The fourth-order valence-corrected chi connectivity index (χ4v) is 2.06. The quantitative estimate of drug-likeness (QED) is 0.852. The maximum atomic E-state index is 4.56. The van der Waals surface area contributed by atoms with Gasteiger partial charge in [-0.3, -0.25) is 0 Å². The van der Waals surface area contributed by atoms with E-state index >= 15 is 0 Å². The number of rotatable bonds is 5. The summed E-state index contributed by atoms with van der Waals surface area (Å²) in [5, 5.41) is 6.57. The summed E-state index contributed by atoms with van der Waals surface area (Å²) in [5.74, 6) is 2.24. The van der Waals surface area contributed by atoms with E-state index in [2.05, 4.69) is 41.4 Å². The molecule has 5 nitrogen and oxygen atoms in total. The molecule has 0 saturated carbocycles. The maximum Gasteiger partial charge on any atom is 0.180 e. The second-order valence-corrected chi connectivity index (χ2v) is 4.79. The fraction of sp³-hybridized carbons (Fsp3) is 0.538. The molecular weight excluding hydrogens is 226 g/mol. The van der Waals surface area contributed by atoms with Crippen LogP contribution in [0.4, 0.5) is 11.6 Å². The fourth-order valence-electron chi connectivity index (χ4n) is 2.06. The van der Waals surface area contributed by atoms with Crippen LogP contribution in [0.5, 0.6) is 0 Å². The first-order chi connectivity index (χ1) is 8.65. The Balaban J connectivity index is 2.39. The topological polar surface area (TPSA) is 54.2 Å². The number of nitrogens with one attached hydrogen (secondary N) is 2. The Morgan fingerprint density at radius 3 is 2.78 bits per heavy atom. The largest absolute Gasteiger partial charge is 0.372 e. The zero-order valence-corrected chi connectivity index (χ0v) is 11.4. The minimum atomic E-state index is 0.408. The Morgan fingerprint density at radius 1 is 1.39 bits per heavy atom. The zero-order valence-electron chi connectivity index (χ0n) is 11.4. The summed E-state index contributed by atoms with van der Waals surface area (Å²) < 4.78 is 1.98. The van der Waals surface area contributed by atoms with Crippen molar-refractivity contribution in [2.45, 2.75) is 33.2 Å². The molecule has 0 spiro atoms. The van der Waals surface area contributed by atoms with E-state index < -0.39 is 0 Å². The van der Waals surface area contributed by atoms with Gasteiger partial charge in [0.1, 0.15) is 5.82 Å². The van der Waals surface area contributed by atoms with Crippen LogP contribution < -0.4 is 10.6 Å². The third kappa shape index (κ3) is 2.39. The molecule has 0 aromatic carbocycles. The average molecular weight is 247 g/mol. The molecule has 1 unspecified atom stereocenters. The lowest BCUT2D eigenvalue weighted by molar-refractivity contribution is 0.510. The van der Waals surface area contributed by atoms with Gasteiger partial charge >= 0.3 is 0 Å². The number of hydrogen-bond acceptors (Lipinski definition) is 4. The predicted octanol–water partition coefficient (Wildman–Crippen LogP) is 2.62. The molecule has 0 saturated heterocycles. The summed E-state index contributed by atoms with van der Waals surface area (Å²) in [4.78, 5) is 8.91. The van der Waals surface area contributed by atoms with Crippen LogP contribution in [0.2, 0.25) is 0 Å². The molecule has 18 heavy (non-hydrogen) atoms. The van der Waals surface area contributed by atoms with Crippen molar-refractivity contribution in [1.29, 1.82) is 0 Å². The Bertz CT molecular complexity index is 517. The lowest BCUT2D eigenvalue weighted by Gasteiger charge is -2.21. The molecule has 5 heteroatoms. The third-order valence-electron chi connectivity index (χ3n) is 3.20. The van der Waals surface area contributed by atoms with Crippen molar-refractivity contribution in [1.82, 2.24) is 14.4 Å². The molecular formula is C13H21N5. The molecule has 0 amide bonds. The minimum absolute atomic E-state index is 0.408. The van der Waals surface area contributed by atoms with Crippen molar-refractivity contribution in [3.63, 3.8) is 0 Å². The Hall–Kier alpha value is -1.78. The summed E-state index contributed by atoms with van der Waals surface area (Å²) in [5.41, 5.74) is 0.869. The number of nitrogens with zero attached hydrogens (tertiary/aromatic N) is 3. The third-order valence-corrected chi connectivity index (χ3v) is 3.20. The number of imidazole rings is 1. The normalized spacial score (nSPS) is 12.9. The monoisotopic (exact) mass is 247 g/mol. The molecule has 2 N–H and O–H groups in total. The van der Waals surface area contributed by atoms with Crippen molar-refractivity contribution in [3.8, 4) is 0 Å². The lowest BCUT2D eigenvalue weighted by atomic mass is 10.0. The van der Waals surface area contributed by atoms with E-state index in [9.17, 15) is 0 Å². The van der Waals surface area contributed by atoms with Crippen LogP contribution in [-0.2, 0) is 0 Å². The first-order valence-electron chi connectivity index (χ1n) is 6.43. The molecule has 0 aliphatic rings. The molecule has 0 aliphatic heterocycles. The number of anilines is 2. The van der Waals surface area contributed by atoms with Crippen molar-refractivity contribution < 1.29 is 0 Å². The summed E-state index contributed by atoms with van der Waals surface area (Å²) >= 11 is 0. The van der Waals surface area contributed by atoms with Gasteiger partial charge in [0.25, 0.3) is 0 Å². The van der Waals surface area contributed by atoms with Crippen LogP contribution in [-0.4, -0.2) is 27.5 Å². The van der Waals surface area contributed by atoms with Crippen LogP contribution in [0.1, 0.15) is 27.2 Å². The van der Waals surface area contributed by atoms with Crippen molar-refractivity contribution >= 4 is 17.3 Å². The van der Waals surface area contributed by atoms with Crippen LogP contribution in [0.15, 0.2) is 18.6 Å². The summed E-state index contributed by atoms with van der Waals surface area (Å²) in [6.07, 6.45) is 6.72. The highest BCUT2D eigenvalue weighted by molar-refractivity contribution is 5.65. The van der Waals surface area contributed by atoms with Crippen LogP contribution in [0.3, 0.4) is 0 Å². The predicted molar refractivity (Wildman–Crippen MR) is 75.1 cm³/mol. The van der Waals surface area contributed by atoms with Gasteiger partial charge in [-0.25, -0.2) is 9.97 Å². The van der Waals surface area contributed by atoms with Gasteiger partial charge < -0.3 is 15.0 Å². The highest BCUT2D eigenvalue weighted by Crippen LogP contribution is 2.19. The molecule has 1 atom stereocenters. The van der Waals surface area contributed by atoms with Crippen LogP contribution in [0, 0.1) is 5.92 Å². The summed E-state index contributed by atoms with van der Waals surface area (Å²) in [6, 6.07) is 0.408.